The number of ether oxygens (including phenoxy) is 2. The van der Waals surface area contributed by atoms with Crippen LogP contribution in [0.1, 0.15) is 30.9 Å². The van der Waals surface area contributed by atoms with Gasteiger partial charge in [0.05, 0.1) is 6.61 Å². The van der Waals surface area contributed by atoms with Crippen LogP contribution in [-0.2, 0) is 17.8 Å². The van der Waals surface area contributed by atoms with Crippen LogP contribution in [0.3, 0.4) is 0 Å². The Morgan fingerprint density at radius 2 is 1.88 bits per heavy atom. The summed E-state index contributed by atoms with van der Waals surface area (Å²) in [6.07, 6.45) is 2.39. The molecular weight excluding hydrogens is 314 g/mol. The molecule has 1 aliphatic heterocycles. The average Bonchev–Trinajstić information content (AvgIpc) is 2.68. The predicted octanol–water partition coefficient (Wildman–Crippen LogP) is 3.59. The Kier molecular flexibility index (Phi) is 6.08. The smallest absolute Gasteiger partial charge is 0.273 e. The maximum Gasteiger partial charge on any atom is 0.273 e. The fourth-order valence-electron chi connectivity index (χ4n) is 3.34. The van der Waals surface area contributed by atoms with Gasteiger partial charge in [-0.3, -0.25) is 0 Å². The van der Waals surface area contributed by atoms with Crippen LogP contribution >= 0.6 is 0 Å². The van der Waals surface area contributed by atoms with Gasteiger partial charge in [0.1, 0.15) is 5.75 Å². The normalized spacial score (nSPS) is 19.5. The standard InChI is InChI=1S/C21H27NO3/c1-2-22(15-8-16-23)21(24-17-18-9-4-3-5-10-18)14-13-19-11-6-7-12-20(19)25-21/h3-7,9-12,23H,2,8,13-17H2,1H3. The van der Waals surface area contributed by atoms with Crippen molar-refractivity contribution in [1.82, 2.24) is 4.90 Å². The van der Waals surface area contributed by atoms with Gasteiger partial charge in [0, 0.05) is 26.1 Å². The van der Waals surface area contributed by atoms with E-state index < -0.39 is 5.91 Å². The number of hydrogen-bond donors (Lipinski definition) is 1. The lowest BCUT2D eigenvalue weighted by Gasteiger charge is -2.45. The minimum Gasteiger partial charge on any atom is -0.448 e. The molecule has 3 rings (SSSR count). The molecule has 1 aliphatic rings. The molecule has 1 N–H and O–H groups in total. The highest BCUT2D eigenvalue weighted by atomic mass is 16.7. The second-order valence-corrected chi connectivity index (χ2v) is 6.35. The third-order valence-corrected chi connectivity index (χ3v) is 4.71. The summed E-state index contributed by atoms with van der Waals surface area (Å²) in [7, 11) is 0. The summed E-state index contributed by atoms with van der Waals surface area (Å²) >= 11 is 0. The van der Waals surface area contributed by atoms with E-state index in [0.29, 0.717) is 13.0 Å². The van der Waals surface area contributed by atoms with Gasteiger partial charge >= 0.3 is 0 Å². The highest BCUT2D eigenvalue weighted by Gasteiger charge is 2.42. The highest BCUT2D eigenvalue weighted by molar-refractivity contribution is 5.35. The molecule has 2 aromatic carbocycles. The number of para-hydroxylation sites is 1. The maximum absolute atomic E-state index is 9.25. The molecule has 134 valence electrons. The van der Waals surface area contributed by atoms with Gasteiger partial charge in [-0.1, -0.05) is 55.5 Å². The van der Waals surface area contributed by atoms with Crippen molar-refractivity contribution in [2.75, 3.05) is 19.7 Å². The molecule has 1 atom stereocenters. The fourth-order valence-corrected chi connectivity index (χ4v) is 3.34. The van der Waals surface area contributed by atoms with Crippen molar-refractivity contribution in [3.63, 3.8) is 0 Å². The van der Waals surface area contributed by atoms with Crippen LogP contribution in [0.5, 0.6) is 5.75 Å². The molecule has 25 heavy (non-hydrogen) atoms. The van der Waals surface area contributed by atoms with Crippen molar-refractivity contribution < 1.29 is 14.6 Å². The van der Waals surface area contributed by atoms with E-state index >= 15 is 0 Å². The zero-order valence-electron chi connectivity index (χ0n) is 14.9. The van der Waals surface area contributed by atoms with E-state index in [0.717, 1.165) is 37.2 Å². The van der Waals surface area contributed by atoms with E-state index in [4.69, 9.17) is 9.47 Å². The summed E-state index contributed by atoms with van der Waals surface area (Å²) in [6, 6.07) is 18.3. The van der Waals surface area contributed by atoms with Crippen LogP contribution in [0.4, 0.5) is 0 Å². The van der Waals surface area contributed by atoms with Crippen molar-refractivity contribution in [1.29, 1.82) is 0 Å². The van der Waals surface area contributed by atoms with E-state index in [2.05, 4.69) is 30.0 Å². The molecule has 0 radical (unpaired) electrons. The molecule has 4 nitrogen and oxygen atoms in total. The monoisotopic (exact) mass is 341 g/mol. The molecule has 2 aromatic rings. The summed E-state index contributed by atoms with van der Waals surface area (Å²) in [6.45, 7) is 4.32. The molecule has 0 bridgehead atoms. The minimum absolute atomic E-state index is 0.169. The second kappa shape index (κ2) is 8.48. The zero-order valence-corrected chi connectivity index (χ0v) is 14.9. The minimum atomic E-state index is -0.784. The molecule has 1 unspecified atom stereocenters. The highest BCUT2D eigenvalue weighted by Crippen LogP contribution is 2.36. The van der Waals surface area contributed by atoms with E-state index in [9.17, 15) is 5.11 Å². The Balaban J connectivity index is 1.83. The Labute approximate surface area is 150 Å². The number of fused-ring (bicyclic) bond motifs is 1. The van der Waals surface area contributed by atoms with Crippen LogP contribution in [0.2, 0.25) is 0 Å². The fraction of sp³-hybridized carbons (Fsp3) is 0.429. The van der Waals surface area contributed by atoms with Crippen molar-refractivity contribution in [2.45, 2.75) is 38.7 Å². The Morgan fingerprint density at radius 1 is 1.12 bits per heavy atom. The Hall–Kier alpha value is -1.88. The number of hydrogen-bond acceptors (Lipinski definition) is 4. The van der Waals surface area contributed by atoms with Crippen LogP contribution < -0.4 is 4.74 Å². The van der Waals surface area contributed by atoms with Crippen molar-refractivity contribution in [3.8, 4) is 5.75 Å². The number of aliphatic hydroxyl groups excluding tert-OH is 1. The first-order valence-corrected chi connectivity index (χ1v) is 9.08. The van der Waals surface area contributed by atoms with Gasteiger partial charge in [-0.15, -0.1) is 0 Å². The summed E-state index contributed by atoms with van der Waals surface area (Å²) in [5, 5.41) is 9.25. The topological polar surface area (TPSA) is 41.9 Å². The van der Waals surface area contributed by atoms with E-state index in [1.54, 1.807) is 0 Å². The summed E-state index contributed by atoms with van der Waals surface area (Å²) in [5.74, 6) is 0.109. The molecule has 0 aliphatic carbocycles. The largest absolute Gasteiger partial charge is 0.448 e. The number of rotatable bonds is 8. The zero-order chi connectivity index (χ0) is 17.5. The van der Waals surface area contributed by atoms with Crippen LogP contribution in [0.15, 0.2) is 54.6 Å². The quantitative estimate of drug-likeness (QED) is 0.745. The first kappa shape index (κ1) is 17.9. The molecule has 0 spiro atoms. The first-order chi connectivity index (χ1) is 12.3. The summed E-state index contributed by atoms with van der Waals surface area (Å²) < 4.78 is 12.8. The van der Waals surface area contributed by atoms with Crippen LogP contribution in [0.25, 0.3) is 0 Å². The van der Waals surface area contributed by atoms with Gasteiger partial charge in [0.25, 0.3) is 5.91 Å². The lowest BCUT2D eigenvalue weighted by atomic mass is 10.0. The first-order valence-electron chi connectivity index (χ1n) is 9.08. The average molecular weight is 341 g/mol. The van der Waals surface area contributed by atoms with Crippen molar-refractivity contribution >= 4 is 0 Å². The number of benzene rings is 2. The number of aliphatic hydroxyl groups is 1. The van der Waals surface area contributed by atoms with E-state index in [1.165, 1.54) is 5.56 Å². The van der Waals surface area contributed by atoms with Crippen molar-refractivity contribution in [3.05, 3.63) is 65.7 Å². The molecule has 0 fully saturated rings. The van der Waals surface area contributed by atoms with Crippen LogP contribution in [-0.4, -0.2) is 35.6 Å². The van der Waals surface area contributed by atoms with E-state index in [1.807, 2.05) is 36.4 Å². The molecule has 0 amide bonds. The van der Waals surface area contributed by atoms with Gasteiger partial charge in [0.15, 0.2) is 0 Å². The van der Waals surface area contributed by atoms with Gasteiger partial charge in [0.2, 0.25) is 0 Å². The molecule has 0 saturated carbocycles. The molecule has 0 saturated heterocycles. The molecular formula is C21H27NO3. The van der Waals surface area contributed by atoms with Gasteiger partial charge in [-0.2, -0.15) is 0 Å². The molecule has 0 aromatic heterocycles. The summed E-state index contributed by atoms with van der Waals surface area (Å²) in [4.78, 5) is 2.20. The third kappa shape index (κ3) is 4.21. The Morgan fingerprint density at radius 3 is 2.64 bits per heavy atom. The van der Waals surface area contributed by atoms with Gasteiger partial charge in [-0.05, 0) is 30.0 Å². The molecule has 1 heterocycles. The SMILES string of the molecule is CCN(CCCO)C1(OCc2ccccc2)CCc2ccccc2O1. The number of aryl methyl sites for hydroxylation is 1. The lowest BCUT2D eigenvalue weighted by Crippen LogP contribution is -2.57. The third-order valence-electron chi connectivity index (χ3n) is 4.71. The lowest BCUT2D eigenvalue weighted by molar-refractivity contribution is -0.289. The summed E-state index contributed by atoms with van der Waals surface area (Å²) in [5.41, 5.74) is 2.35. The van der Waals surface area contributed by atoms with Crippen LogP contribution in [0, 0.1) is 0 Å². The Bertz CT molecular complexity index is 661. The van der Waals surface area contributed by atoms with Gasteiger partial charge < -0.3 is 14.6 Å². The predicted molar refractivity (Wildman–Crippen MR) is 98.3 cm³/mol. The second-order valence-electron chi connectivity index (χ2n) is 6.35. The molecule has 4 heteroatoms. The van der Waals surface area contributed by atoms with E-state index in [-0.39, 0.29) is 6.61 Å². The van der Waals surface area contributed by atoms with Gasteiger partial charge in [-0.25, -0.2) is 4.90 Å². The maximum atomic E-state index is 9.25. The number of nitrogens with zero attached hydrogens (tertiary/aromatic N) is 1. The van der Waals surface area contributed by atoms with Crippen molar-refractivity contribution in [2.24, 2.45) is 0 Å².